The van der Waals surface area contributed by atoms with Crippen LogP contribution in [0, 0.1) is 0 Å². The van der Waals surface area contributed by atoms with Gasteiger partial charge < -0.3 is 15.8 Å². The highest BCUT2D eigenvalue weighted by Gasteiger charge is 2.18. The third-order valence-electron chi connectivity index (χ3n) is 3.00. The van der Waals surface area contributed by atoms with E-state index >= 15 is 0 Å². The third kappa shape index (κ3) is 3.71. The van der Waals surface area contributed by atoms with Gasteiger partial charge in [0.25, 0.3) is 6.43 Å². The molecule has 0 aromatic heterocycles. The van der Waals surface area contributed by atoms with Crippen molar-refractivity contribution in [3.05, 3.63) is 29.3 Å². The Morgan fingerprint density at radius 1 is 1.42 bits per heavy atom. The van der Waals surface area contributed by atoms with E-state index in [-0.39, 0.29) is 18.6 Å². The Bertz CT molecular complexity index is 466. The van der Waals surface area contributed by atoms with Crippen LogP contribution in [0.1, 0.15) is 23.6 Å². The lowest BCUT2D eigenvalue weighted by molar-refractivity contribution is -0.115. The smallest absolute Gasteiger partial charge is 0.261 e. The minimum absolute atomic E-state index is 0.0269. The van der Waals surface area contributed by atoms with E-state index in [9.17, 15) is 13.6 Å². The summed E-state index contributed by atoms with van der Waals surface area (Å²) < 4.78 is 28.5. The molecule has 4 nitrogen and oxygen atoms in total. The second-order valence-corrected chi connectivity index (χ2v) is 4.50. The molecule has 0 saturated carbocycles. The van der Waals surface area contributed by atoms with Crippen LogP contribution in [0.25, 0.3) is 0 Å². The Kier molecular flexibility index (Phi) is 4.44. The van der Waals surface area contributed by atoms with Gasteiger partial charge in [-0.15, -0.1) is 0 Å². The van der Waals surface area contributed by atoms with Crippen molar-refractivity contribution in [1.29, 1.82) is 0 Å². The van der Waals surface area contributed by atoms with Gasteiger partial charge in [0.15, 0.2) is 0 Å². The zero-order valence-corrected chi connectivity index (χ0v) is 10.4. The third-order valence-corrected chi connectivity index (χ3v) is 3.00. The maximum atomic E-state index is 11.9. The summed E-state index contributed by atoms with van der Waals surface area (Å²) >= 11 is 0. The lowest BCUT2D eigenvalue weighted by atomic mass is 10.0. The molecule has 1 unspecified atom stereocenters. The number of hydrogen-bond acceptors (Lipinski definition) is 3. The molecule has 0 spiro atoms. The van der Waals surface area contributed by atoms with Gasteiger partial charge in [-0.25, -0.2) is 8.78 Å². The normalized spacial score (nSPS) is 15.5. The van der Waals surface area contributed by atoms with Crippen molar-refractivity contribution >= 4 is 11.6 Å². The van der Waals surface area contributed by atoms with E-state index in [1.54, 1.807) is 0 Å². The first-order chi connectivity index (χ1) is 9.06. The van der Waals surface area contributed by atoms with Crippen LogP contribution in [0.5, 0.6) is 0 Å². The summed E-state index contributed by atoms with van der Waals surface area (Å²) in [6.07, 6.45) is -1.63. The lowest BCUT2D eigenvalue weighted by Crippen LogP contribution is -2.15. The molecule has 0 fully saturated rings. The molecule has 0 aliphatic carbocycles. The van der Waals surface area contributed by atoms with Crippen LogP contribution in [-0.2, 0) is 16.0 Å². The number of carbonyl (C=O) groups is 1. The van der Waals surface area contributed by atoms with E-state index < -0.39 is 13.0 Å². The van der Waals surface area contributed by atoms with Gasteiger partial charge in [0, 0.05) is 18.3 Å². The van der Waals surface area contributed by atoms with Crippen molar-refractivity contribution in [1.82, 2.24) is 0 Å². The fourth-order valence-corrected chi connectivity index (χ4v) is 2.03. The fourth-order valence-electron chi connectivity index (χ4n) is 2.03. The van der Waals surface area contributed by atoms with Gasteiger partial charge in [-0.05, 0) is 23.6 Å². The SMILES string of the molecule is NC(CCOCC(F)F)c1ccc2c(c1)CC(=O)N2. The highest BCUT2D eigenvalue weighted by Crippen LogP contribution is 2.26. The van der Waals surface area contributed by atoms with Gasteiger partial charge in [-0.2, -0.15) is 0 Å². The van der Waals surface area contributed by atoms with Crippen LogP contribution in [0.3, 0.4) is 0 Å². The number of alkyl halides is 2. The van der Waals surface area contributed by atoms with Crippen LogP contribution >= 0.6 is 0 Å². The highest BCUT2D eigenvalue weighted by atomic mass is 19.3. The van der Waals surface area contributed by atoms with Gasteiger partial charge in [0.05, 0.1) is 6.42 Å². The van der Waals surface area contributed by atoms with Gasteiger partial charge in [0.1, 0.15) is 6.61 Å². The van der Waals surface area contributed by atoms with E-state index in [2.05, 4.69) is 5.32 Å². The Balaban J connectivity index is 1.88. The van der Waals surface area contributed by atoms with Crippen molar-refractivity contribution in [3.8, 4) is 0 Å². The second kappa shape index (κ2) is 6.08. The Morgan fingerprint density at radius 2 is 2.21 bits per heavy atom. The first kappa shape index (κ1) is 13.9. The largest absolute Gasteiger partial charge is 0.375 e. The Morgan fingerprint density at radius 3 is 2.95 bits per heavy atom. The lowest BCUT2D eigenvalue weighted by Gasteiger charge is -2.13. The predicted octanol–water partition coefficient (Wildman–Crippen LogP) is 1.85. The van der Waals surface area contributed by atoms with Gasteiger partial charge in [-0.3, -0.25) is 4.79 Å². The monoisotopic (exact) mass is 270 g/mol. The molecule has 3 N–H and O–H groups in total. The number of nitrogens with two attached hydrogens (primary N) is 1. The van der Waals surface area contributed by atoms with Gasteiger partial charge in [-0.1, -0.05) is 12.1 Å². The summed E-state index contributed by atoms with van der Waals surface area (Å²) in [5.74, 6) is -0.0269. The van der Waals surface area contributed by atoms with Crippen LogP contribution in [0.4, 0.5) is 14.5 Å². The topological polar surface area (TPSA) is 64.3 Å². The van der Waals surface area contributed by atoms with Crippen molar-refractivity contribution in [2.24, 2.45) is 5.73 Å². The molecular weight excluding hydrogens is 254 g/mol. The second-order valence-electron chi connectivity index (χ2n) is 4.50. The van der Waals surface area contributed by atoms with Crippen LogP contribution < -0.4 is 11.1 Å². The maximum absolute atomic E-state index is 11.9. The number of ether oxygens (including phenoxy) is 1. The molecule has 2 rings (SSSR count). The number of carbonyl (C=O) groups excluding carboxylic acids is 1. The molecule has 104 valence electrons. The minimum atomic E-state index is -2.45. The standard InChI is InChI=1S/C13H16F2N2O2/c14-12(15)7-19-4-3-10(16)8-1-2-11-9(5-8)6-13(18)17-11/h1-2,5,10,12H,3-4,6-7,16H2,(H,17,18). The predicted molar refractivity (Wildman–Crippen MR) is 67.1 cm³/mol. The van der Waals surface area contributed by atoms with E-state index in [1.807, 2.05) is 18.2 Å². The summed E-state index contributed by atoms with van der Waals surface area (Å²) in [6, 6.07) is 5.25. The Labute approximate surface area is 109 Å². The van der Waals surface area contributed by atoms with Crippen LogP contribution in [0.15, 0.2) is 18.2 Å². The molecule has 1 aliphatic heterocycles. The number of fused-ring (bicyclic) bond motifs is 1. The first-order valence-electron chi connectivity index (χ1n) is 6.10. The summed E-state index contributed by atoms with van der Waals surface area (Å²) in [5.41, 5.74) is 8.59. The fraction of sp³-hybridized carbons (Fsp3) is 0.462. The number of anilines is 1. The molecule has 1 aliphatic rings. The molecule has 6 heteroatoms. The van der Waals surface area contributed by atoms with Crippen molar-refractivity contribution in [3.63, 3.8) is 0 Å². The van der Waals surface area contributed by atoms with Gasteiger partial charge >= 0.3 is 0 Å². The van der Waals surface area contributed by atoms with Crippen LogP contribution in [0.2, 0.25) is 0 Å². The minimum Gasteiger partial charge on any atom is -0.375 e. The van der Waals surface area contributed by atoms with Gasteiger partial charge in [0.2, 0.25) is 5.91 Å². The average molecular weight is 270 g/mol. The number of amides is 1. The Hall–Kier alpha value is -1.53. The van der Waals surface area contributed by atoms with Crippen molar-refractivity contribution in [2.75, 3.05) is 18.5 Å². The maximum Gasteiger partial charge on any atom is 0.261 e. The average Bonchev–Trinajstić information content (AvgIpc) is 2.73. The zero-order chi connectivity index (χ0) is 13.8. The summed E-state index contributed by atoms with van der Waals surface area (Å²) in [6.45, 7) is -0.366. The molecule has 1 aromatic rings. The molecule has 19 heavy (non-hydrogen) atoms. The molecule has 0 bridgehead atoms. The van der Waals surface area contributed by atoms with Crippen LogP contribution in [-0.4, -0.2) is 25.5 Å². The summed E-state index contributed by atoms with van der Waals surface area (Å²) in [7, 11) is 0. The zero-order valence-electron chi connectivity index (χ0n) is 10.4. The molecule has 1 aromatic carbocycles. The first-order valence-corrected chi connectivity index (χ1v) is 6.10. The van der Waals surface area contributed by atoms with E-state index in [0.717, 1.165) is 16.8 Å². The number of halogens is 2. The highest BCUT2D eigenvalue weighted by molar-refractivity contribution is 5.99. The number of rotatable bonds is 6. The molecular formula is C13H16F2N2O2. The number of nitrogens with one attached hydrogen (secondary N) is 1. The van der Waals surface area contributed by atoms with E-state index in [1.165, 1.54) is 0 Å². The molecule has 0 saturated heterocycles. The molecule has 1 heterocycles. The molecule has 0 radical (unpaired) electrons. The molecule has 1 amide bonds. The quantitative estimate of drug-likeness (QED) is 0.775. The summed E-state index contributed by atoms with van der Waals surface area (Å²) in [4.78, 5) is 11.2. The van der Waals surface area contributed by atoms with E-state index in [0.29, 0.717) is 12.8 Å². The summed E-state index contributed by atoms with van der Waals surface area (Å²) in [5, 5.41) is 2.74. The number of benzene rings is 1. The van der Waals surface area contributed by atoms with Crippen molar-refractivity contribution < 1.29 is 18.3 Å². The van der Waals surface area contributed by atoms with E-state index in [4.69, 9.17) is 10.5 Å². The molecule has 1 atom stereocenters. The van der Waals surface area contributed by atoms with Crippen molar-refractivity contribution in [2.45, 2.75) is 25.3 Å². The number of hydrogen-bond donors (Lipinski definition) is 2.